The van der Waals surface area contributed by atoms with Gasteiger partial charge in [-0.15, -0.1) is 24.0 Å². The molecule has 2 rings (SSSR count). The molecule has 1 aliphatic rings. The molecule has 10 nitrogen and oxygen atoms in total. The van der Waals surface area contributed by atoms with Crippen molar-refractivity contribution in [2.45, 2.75) is 39.0 Å². The molecule has 1 N–H and O–H groups in total. The number of esters is 1. The van der Waals surface area contributed by atoms with E-state index in [2.05, 4.69) is 15.5 Å². The molecule has 2 heterocycles. The minimum atomic E-state index is -3.46. The lowest BCUT2D eigenvalue weighted by Gasteiger charge is -2.35. The highest BCUT2D eigenvalue weighted by Crippen LogP contribution is 2.13. The van der Waals surface area contributed by atoms with Gasteiger partial charge in [-0.2, -0.15) is 4.31 Å². The number of nitrogens with one attached hydrogen (secondary N) is 1. The van der Waals surface area contributed by atoms with E-state index < -0.39 is 21.6 Å². The van der Waals surface area contributed by atoms with Gasteiger partial charge in [0.15, 0.2) is 5.96 Å². The van der Waals surface area contributed by atoms with E-state index in [0.29, 0.717) is 44.4 Å². The SMILES string of the molecule is CCNC(=NCC(=O)OC(C)(C)C)N1CCN(S(=O)(=O)Cc2ccon2)CC1.I. The molecule has 0 saturated carbocycles. The number of hydrogen-bond acceptors (Lipinski definition) is 7. The normalized spacial score (nSPS) is 16.3. The van der Waals surface area contributed by atoms with Crippen LogP contribution in [0.3, 0.4) is 0 Å². The number of carbonyl (C=O) groups is 1. The summed E-state index contributed by atoms with van der Waals surface area (Å²) in [6, 6.07) is 1.54. The van der Waals surface area contributed by atoms with Gasteiger partial charge in [0.1, 0.15) is 24.2 Å². The highest BCUT2D eigenvalue weighted by Gasteiger charge is 2.29. The highest BCUT2D eigenvalue weighted by atomic mass is 127. The van der Waals surface area contributed by atoms with Gasteiger partial charge in [0.2, 0.25) is 10.0 Å². The first kappa shape index (κ1) is 25.6. The van der Waals surface area contributed by atoms with Crippen LogP contribution in [0.2, 0.25) is 0 Å². The number of sulfonamides is 1. The predicted molar refractivity (Wildman–Crippen MR) is 120 cm³/mol. The van der Waals surface area contributed by atoms with E-state index >= 15 is 0 Å². The molecular formula is C17H30IN5O5S. The van der Waals surface area contributed by atoms with Gasteiger partial charge >= 0.3 is 5.97 Å². The summed E-state index contributed by atoms with van der Waals surface area (Å²) >= 11 is 0. The van der Waals surface area contributed by atoms with Crippen LogP contribution in [0.5, 0.6) is 0 Å². The zero-order chi connectivity index (χ0) is 20.8. The van der Waals surface area contributed by atoms with Crippen molar-refractivity contribution < 1.29 is 22.5 Å². The number of rotatable bonds is 6. The number of aromatic nitrogens is 1. The zero-order valence-electron chi connectivity index (χ0n) is 17.3. The molecule has 0 aliphatic carbocycles. The molecular weight excluding hydrogens is 513 g/mol. The van der Waals surface area contributed by atoms with Crippen LogP contribution in [-0.4, -0.2) is 79.6 Å². The Labute approximate surface area is 189 Å². The summed E-state index contributed by atoms with van der Waals surface area (Å²) in [4.78, 5) is 18.2. The summed E-state index contributed by atoms with van der Waals surface area (Å²) in [6.45, 7) is 9.49. The number of nitrogens with zero attached hydrogens (tertiary/aromatic N) is 4. The fourth-order valence-electron chi connectivity index (χ4n) is 2.71. The second kappa shape index (κ2) is 11.1. The number of hydrogen-bond donors (Lipinski definition) is 1. The van der Waals surface area contributed by atoms with Crippen molar-refractivity contribution in [3.63, 3.8) is 0 Å². The average Bonchev–Trinajstić information content (AvgIpc) is 3.09. The van der Waals surface area contributed by atoms with Crippen molar-refractivity contribution in [2.24, 2.45) is 4.99 Å². The van der Waals surface area contributed by atoms with E-state index in [1.165, 1.54) is 10.6 Å². The van der Waals surface area contributed by atoms with Crippen LogP contribution in [0.1, 0.15) is 33.4 Å². The Morgan fingerprint density at radius 2 is 1.97 bits per heavy atom. The minimum absolute atomic E-state index is 0. The maximum atomic E-state index is 12.5. The van der Waals surface area contributed by atoms with Crippen molar-refractivity contribution >= 4 is 45.9 Å². The van der Waals surface area contributed by atoms with Crippen LogP contribution in [0.25, 0.3) is 0 Å². The minimum Gasteiger partial charge on any atom is -0.459 e. The maximum Gasteiger partial charge on any atom is 0.328 e. The fourth-order valence-corrected chi connectivity index (χ4v) is 4.13. The molecule has 0 spiro atoms. The first-order chi connectivity index (χ1) is 13.1. The van der Waals surface area contributed by atoms with Crippen molar-refractivity contribution in [3.8, 4) is 0 Å². The summed E-state index contributed by atoms with van der Waals surface area (Å²) in [5.74, 6) is -0.0188. The predicted octanol–water partition coefficient (Wildman–Crippen LogP) is 1.05. The van der Waals surface area contributed by atoms with Crippen molar-refractivity contribution in [2.75, 3.05) is 39.3 Å². The van der Waals surface area contributed by atoms with Crippen LogP contribution in [0.4, 0.5) is 0 Å². The first-order valence-corrected chi connectivity index (χ1v) is 10.8. The quantitative estimate of drug-likeness (QED) is 0.245. The van der Waals surface area contributed by atoms with E-state index in [9.17, 15) is 13.2 Å². The molecule has 0 radical (unpaired) electrons. The van der Waals surface area contributed by atoms with Gasteiger partial charge in [-0.1, -0.05) is 5.16 Å². The molecule has 166 valence electrons. The molecule has 1 aliphatic heterocycles. The third kappa shape index (κ3) is 8.46. The Bertz CT molecular complexity index is 769. The monoisotopic (exact) mass is 543 g/mol. The molecule has 1 aromatic heterocycles. The lowest BCUT2D eigenvalue weighted by atomic mass is 10.2. The number of halogens is 1. The van der Waals surface area contributed by atoms with E-state index in [1.54, 1.807) is 26.8 Å². The summed E-state index contributed by atoms with van der Waals surface area (Å²) in [6.07, 6.45) is 1.35. The second-order valence-electron chi connectivity index (χ2n) is 7.39. The smallest absolute Gasteiger partial charge is 0.328 e. The van der Waals surface area contributed by atoms with Crippen LogP contribution >= 0.6 is 24.0 Å². The van der Waals surface area contributed by atoms with Crippen molar-refractivity contribution in [3.05, 3.63) is 18.0 Å². The van der Waals surface area contributed by atoms with Gasteiger partial charge in [-0.25, -0.2) is 13.4 Å². The lowest BCUT2D eigenvalue weighted by Crippen LogP contribution is -2.54. The van der Waals surface area contributed by atoms with Gasteiger partial charge < -0.3 is 19.5 Å². The van der Waals surface area contributed by atoms with Crippen LogP contribution in [0.15, 0.2) is 21.8 Å². The van der Waals surface area contributed by atoms with E-state index in [4.69, 9.17) is 9.26 Å². The molecule has 0 bridgehead atoms. The summed E-state index contributed by atoms with van der Waals surface area (Å²) in [7, 11) is -3.46. The third-order valence-electron chi connectivity index (χ3n) is 3.87. The molecule has 29 heavy (non-hydrogen) atoms. The molecule has 1 fully saturated rings. The molecule has 1 aromatic rings. The Hall–Kier alpha value is -1.41. The number of ether oxygens (including phenoxy) is 1. The molecule has 0 aromatic carbocycles. The van der Waals surface area contributed by atoms with Gasteiger partial charge in [0.25, 0.3) is 0 Å². The fraction of sp³-hybridized carbons (Fsp3) is 0.706. The van der Waals surface area contributed by atoms with E-state index in [1.807, 2.05) is 11.8 Å². The van der Waals surface area contributed by atoms with Crippen molar-refractivity contribution in [1.82, 2.24) is 19.7 Å². The maximum absolute atomic E-state index is 12.5. The second-order valence-corrected chi connectivity index (χ2v) is 9.36. The van der Waals surface area contributed by atoms with E-state index in [-0.39, 0.29) is 36.3 Å². The van der Waals surface area contributed by atoms with Gasteiger partial charge in [-0.3, -0.25) is 4.79 Å². The van der Waals surface area contributed by atoms with Crippen LogP contribution < -0.4 is 5.32 Å². The summed E-state index contributed by atoms with van der Waals surface area (Å²) in [5, 5.41) is 6.80. The summed E-state index contributed by atoms with van der Waals surface area (Å²) in [5.41, 5.74) is -0.177. The van der Waals surface area contributed by atoms with Gasteiger partial charge in [0.05, 0.1) is 5.69 Å². The first-order valence-electron chi connectivity index (χ1n) is 9.23. The number of piperazine rings is 1. The number of carbonyl (C=O) groups excluding carboxylic acids is 1. The standard InChI is InChI=1S/C17H29N5O5S.HI/c1-5-18-16(19-12-15(23)27-17(2,3)4)21-7-9-22(10-8-21)28(24,25)13-14-6-11-26-20-14;/h6,11H,5,7-10,12-13H2,1-4H3,(H,18,19);1H. The Kier molecular flexibility index (Phi) is 9.82. The number of aliphatic imine (C=N–C) groups is 1. The summed E-state index contributed by atoms with van der Waals surface area (Å²) < 4.78 is 36.5. The molecule has 0 atom stereocenters. The lowest BCUT2D eigenvalue weighted by molar-refractivity contribution is -0.152. The van der Waals surface area contributed by atoms with Crippen LogP contribution in [-0.2, 0) is 25.3 Å². The van der Waals surface area contributed by atoms with Crippen LogP contribution in [0, 0.1) is 0 Å². The van der Waals surface area contributed by atoms with Crippen molar-refractivity contribution in [1.29, 1.82) is 0 Å². The Morgan fingerprint density at radius 1 is 1.31 bits per heavy atom. The van der Waals surface area contributed by atoms with E-state index in [0.717, 1.165) is 0 Å². The zero-order valence-corrected chi connectivity index (χ0v) is 20.4. The highest BCUT2D eigenvalue weighted by molar-refractivity contribution is 14.0. The molecule has 1 saturated heterocycles. The molecule has 12 heteroatoms. The Morgan fingerprint density at radius 3 is 2.48 bits per heavy atom. The third-order valence-corrected chi connectivity index (χ3v) is 5.68. The van der Waals surface area contributed by atoms with Gasteiger partial charge in [0, 0.05) is 38.8 Å². The molecule has 0 amide bonds. The molecule has 0 unspecified atom stereocenters. The average molecular weight is 543 g/mol. The van der Waals surface area contributed by atoms with Gasteiger partial charge in [-0.05, 0) is 27.7 Å². The largest absolute Gasteiger partial charge is 0.459 e. The topological polar surface area (TPSA) is 117 Å². The Balaban J connectivity index is 0.00000420. The number of guanidine groups is 1.